The number of nitrogens with zero attached hydrogens (tertiary/aromatic N) is 4. The number of aromatic nitrogens is 3. The number of hydrogen-bond acceptors (Lipinski definition) is 7. The molecule has 10 nitrogen and oxygen atoms in total. The van der Waals surface area contributed by atoms with Crippen LogP contribution in [0.15, 0.2) is 103 Å². The third-order valence-corrected chi connectivity index (χ3v) is 8.64. The van der Waals surface area contributed by atoms with E-state index in [9.17, 15) is 14.4 Å². The average molecular weight is 706 g/mol. The molecule has 12 heteroatoms. The van der Waals surface area contributed by atoms with Crippen LogP contribution in [0.3, 0.4) is 0 Å². The van der Waals surface area contributed by atoms with E-state index < -0.39 is 17.7 Å². The van der Waals surface area contributed by atoms with Gasteiger partial charge in [-0.2, -0.15) is 0 Å². The van der Waals surface area contributed by atoms with Crippen LogP contribution in [0, 0.1) is 6.92 Å². The Balaban J connectivity index is 1.03. The molecule has 0 radical (unpaired) electrons. The van der Waals surface area contributed by atoms with E-state index >= 15 is 0 Å². The Morgan fingerprint density at radius 1 is 0.900 bits per heavy atom. The Hall–Kier alpha value is -5.84. The molecule has 0 saturated carbocycles. The molecule has 0 atom stereocenters. The van der Waals surface area contributed by atoms with Gasteiger partial charge in [0.15, 0.2) is 0 Å². The molecule has 0 unspecified atom stereocenters. The number of likely N-dealkylation sites (N-methyl/N-ethyl adjacent to an activating group) is 1. The van der Waals surface area contributed by atoms with Crippen molar-refractivity contribution in [2.45, 2.75) is 13.5 Å². The van der Waals surface area contributed by atoms with Gasteiger partial charge in [0.2, 0.25) is 11.8 Å². The standard InChI is InChI=1S/C38H30Cl2N6O4/c1-23-10-13-26-7-5-9-32(36(26)44-23)50-22-28-29(39)14-16-31(35(28)40)46(2)34(48)21-43-33(47)17-12-24-11-15-30(42-20-24)38(49)45-37-27-8-4-3-6-25(27)18-19-41-37/h3-20H,21-22H2,1-2H3,(H,43,47)(H,41,45,49). The molecule has 6 rings (SSSR count). The third kappa shape index (κ3) is 7.72. The number of carbonyl (C=O) groups is 3. The number of anilines is 2. The molecule has 3 aromatic carbocycles. The molecule has 0 aliphatic carbocycles. The largest absolute Gasteiger partial charge is 0.487 e. The van der Waals surface area contributed by atoms with Gasteiger partial charge < -0.3 is 20.3 Å². The zero-order valence-corrected chi connectivity index (χ0v) is 28.5. The van der Waals surface area contributed by atoms with Crippen LogP contribution in [0.25, 0.3) is 27.8 Å². The van der Waals surface area contributed by atoms with Crippen LogP contribution in [-0.2, 0) is 16.2 Å². The molecule has 250 valence electrons. The molecule has 0 bridgehead atoms. The van der Waals surface area contributed by atoms with Crippen molar-refractivity contribution in [2.75, 3.05) is 23.8 Å². The molecule has 50 heavy (non-hydrogen) atoms. The lowest BCUT2D eigenvalue weighted by atomic mass is 10.1. The fourth-order valence-electron chi connectivity index (χ4n) is 5.14. The van der Waals surface area contributed by atoms with E-state index in [1.54, 1.807) is 37.5 Å². The molecule has 6 aromatic rings. The van der Waals surface area contributed by atoms with Crippen LogP contribution in [0.1, 0.15) is 27.3 Å². The lowest BCUT2D eigenvalue weighted by Gasteiger charge is -2.21. The monoisotopic (exact) mass is 704 g/mol. The van der Waals surface area contributed by atoms with Crippen LogP contribution >= 0.6 is 23.2 Å². The van der Waals surface area contributed by atoms with Crippen LogP contribution in [0.5, 0.6) is 5.75 Å². The highest BCUT2D eigenvalue weighted by atomic mass is 35.5. The summed E-state index contributed by atoms with van der Waals surface area (Å²) in [5.74, 6) is -0.300. The van der Waals surface area contributed by atoms with E-state index in [1.165, 1.54) is 23.2 Å². The van der Waals surface area contributed by atoms with Crippen molar-refractivity contribution in [1.29, 1.82) is 0 Å². The zero-order valence-electron chi connectivity index (χ0n) is 27.0. The molecule has 2 N–H and O–H groups in total. The first-order valence-electron chi connectivity index (χ1n) is 15.5. The minimum atomic E-state index is -0.495. The molecule has 0 fully saturated rings. The average Bonchev–Trinajstić information content (AvgIpc) is 3.13. The van der Waals surface area contributed by atoms with E-state index in [4.69, 9.17) is 27.9 Å². The molecular formula is C38H30Cl2N6O4. The van der Waals surface area contributed by atoms with Crippen molar-refractivity contribution in [1.82, 2.24) is 20.3 Å². The van der Waals surface area contributed by atoms with Crippen molar-refractivity contribution in [3.05, 3.63) is 136 Å². The zero-order chi connectivity index (χ0) is 35.2. The Morgan fingerprint density at radius 2 is 1.72 bits per heavy atom. The minimum Gasteiger partial charge on any atom is -0.487 e. The summed E-state index contributed by atoms with van der Waals surface area (Å²) in [6.45, 7) is 1.67. The summed E-state index contributed by atoms with van der Waals surface area (Å²) < 4.78 is 6.09. The summed E-state index contributed by atoms with van der Waals surface area (Å²) in [4.78, 5) is 52.8. The Morgan fingerprint density at radius 3 is 2.54 bits per heavy atom. The van der Waals surface area contributed by atoms with E-state index in [0.29, 0.717) is 33.4 Å². The number of ether oxygens (including phenoxy) is 1. The number of pyridine rings is 3. The number of benzene rings is 3. The maximum atomic E-state index is 13.0. The van der Waals surface area contributed by atoms with Gasteiger partial charge in [0.1, 0.15) is 29.4 Å². The Bertz CT molecular complexity index is 2270. The molecule has 3 aromatic heterocycles. The fourth-order valence-corrected chi connectivity index (χ4v) is 5.74. The predicted octanol–water partition coefficient (Wildman–Crippen LogP) is 7.42. The SMILES string of the molecule is Cc1ccc2cccc(OCc3c(Cl)ccc(N(C)C(=O)CNC(=O)C=Cc4ccc(C(=O)Nc5nccc6ccccc56)nc4)c3Cl)c2n1. The van der Waals surface area contributed by atoms with Gasteiger partial charge in [-0.25, -0.2) is 9.97 Å². The van der Waals surface area contributed by atoms with Crippen LogP contribution in [0.4, 0.5) is 11.5 Å². The van der Waals surface area contributed by atoms with Gasteiger partial charge in [0.05, 0.1) is 17.3 Å². The molecule has 3 amide bonds. The minimum absolute atomic E-state index is 0.0474. The quantitative estimate of drug-likeness (QED) is 0.142. The summed E-state index contributed by atoms with van der Waals surface area (Å²) in [5, 5.41) is 8.71. The second kappa shape index (κ2) is 15.1. The molecule has 0 aliphatic rings. The highest BCUT2D eigenvalue weighted by Gasteiger charge is 2.19. The number of rotatable bonds is 10. The fraction of sp³-hybridized carbons (Fsp3) is 0.105. The lowest BCUT2D eigenvalue weighted by Crippen LogP contribution is -2.37. The summed E-state index contributed by atoms with van der Waals surface area (Å²) in [7, 11) is 1.56. The lowest BCUT2D eigenvalue weighted by molar-refractivity contribution is -0.122. The van der Waals surface area contributed by atoms with Gasteiger partial charge in [0.25, 0.3) is 5.91 Å². The number of nitrogens with one attached hydrogen (secondary N) is 2. The first-order chi connectivity index (χ1) is 24.2. The number of hydrogen-bond donors (Lipinski definition) is 2. The van der Waals surface area contributed by atoms with Crippen molar-refractivity contribution >= 4 is 80.2 Å². The van der Waals surface area contributed by atoms with Gasteiger partial charge >= 0.3 is 0 Å². The summed E-state index contributed by atoms with van der Waals surface area (Å²) in [6, 6.07) is 25.5. The van der Waals surface area contributed by atoms with Gasteiger partial charge in [-0.3, -0.25) is 19.4 Å². The normalized spacial score (nSPS) is 11.1. The summed E-state index contributed by atoms with van der Waals surface area (Å²) >= 11 is 13.2. The second-order valence-corrected chi connectivity index (χ2v) is 12.0. The second-order valence-electron chi connectivity index (χ2n) is 11.2. The first-order valence-corrected chi connectivity index (χ1v) is 16.2. The van der Waals surface area contributed by atoms with Crippen molar-refractivity contribution in [3.63, 3.8) is 0 Å². The van der Waals surface area contributed by atoms with Gasteiger partial charge in [0, 0.05) is 52.6 Å². The van der Waals surface area contributed by atoms with E-state index in [1.807, 2.05) is 67.6 Å². The number of carbonyl (C=O) groups excluding carboxylic acids is 3. The number of fused-ring (bicyclic) bond motifs is 2. The molecule has 0 aliphatic heterocycles. The molecule has 0 spiro atoms. The molecule has 0 saturated heterocycles. The van der Waals surface area contributed by atoms with Gasteiger partial charge in [-0.1, -0.05) is 71.7 Å². The first kappa shape index (κ1) is 34.0. The summed E-state index contributed by atoms with van der Waals surface area (Å²) in [5.41, 5.74) is 3.26. The number of aryl methyl sites for hydroxylation is 1. The predicted molar refractivity (Wildman–Crippen MR) is 197 cm³/mol. The van der Waals surface area contributed by atoms with Gasteiger partial charge in [-0.15, -0.1) is 0 Å². The molecular weight excluding hydrogens is 675 g/mol. The highest BCUT2D eigenvalue weighted by Crippen LogP contribution is 2.35. The van der Waals surface area contributed by atoms with Gasteiger partial charge in [-0.05, 0) is 60.3 Å². The Kier molecular flexibility index (Phi) is 10.3. The third-order valence-electron chi connectivity index (χ3n) is 7.86. The van der Waals surface area contributed by atoms with Crippen molar-refractivity contribution in [2.24, 2.45) is 0 Å². The van der Waals surface area contributed by atoms with Crippen LogP contribution in [0.2, 0.25) is 10.0 Å². The number of para-hydroxylation sites is 1. The maximum absolute atomic E-state index is 13.0. The van der Waals surface area contributed by atoms with E-state index in [2.05, 4.69) is 25.6 Å². The Labute approximate surface area is 297 Å². The highest BCUT2D eigenvalue weighted by molar-refractivity contribution is 6.38. The maximum Gasteiger partial charge on any atom is 0.275 e. The van der Waals surface area contributed by atoms with Crippen molar-refractivity contribution < 1.29 is 19.1 Å². The van der Waals surface area contributed by atoms with E-state index in [-0.39, 0.29) is 23.9 Å². The number of halogens is 2. The topological polar surface area (TPSA) is 126 Å². The van der Waals surface area contributed by atoms with Crippen LogP contribution in [-0.4, -0.2) is 46.3 Å². The number of amides is 3. The van der Waals surface area contributed by atoms with E-state index in [0.717, 1.165) is 27.4 Å². The van der Waals surface area contributed by atoms with Crippen LogP contribution < -0.4 is 20.3 Å². The molecule has 3 heterocycles. The smallest absolute Gasteiger partial charge is 0.275 e. The van der Waals surface area contributed by atoms with Crippen molar-refractivity contribution in [3.8, 4) is 5.75 Å². The summed E-state index contributed by atoms with van der Waals surface area (Å²) in [6.07, 6.45) is 5.90.